The number of rotatable bonds is 1. The van der Waals surface area contributed by atoms with E-state index in [0.29, 0.717) is 0 Å². The fourth-order valence-electron chi connectivity index (χ4n) is 2.20. The van der Waals surface area contributed by atoms with Gasteiger partial charge in [-0.15, -0.1) is 0 Å². The summed E-state index contributed by atoms with van der Waals surface area (Å²) in [6.45, 7) is 3.86. The van der Waals surface area contributed by atoms with Crippen molar-refractivity contribution in [1.29, 1.82) is 0 Å². The van der Waals surface area contributed by atoms with Gasteiger partial charge in [0, 0.05) is 18.4 Å². The van der Waals surface area contributed by atoms with Crippen molar-refractivity contribution in [2.75, 3.05) is 17.3 Å². The highest BCUT2D eigenvalue weighted by Gasteiger charge is 2.42. The summed E-state index contributed by atoms with van der Waals surface area (Å²) in [7, 11) is 1.78. The normalized spacial score (nSPS) is 16.9. The van der Waals surface area contributed by atoms with Crippen LogP contribution >= 0.6 is 12.2 Å². The molecule has 0 saturated carbocycles. The van der Waals surface area contributed by atoms with Gasteiger partial charge in [0.2, 0.25) is 5.91 Å². The third-order valence-electron chi connectivity index (χ3n) is 3.14. The first-order valence-corrected chi connectivity index (χ1v) is 5.74. The standard InChI is InChI=1S/C12H15N3OS/c1-12(2)8-5-4-7(14-11(13)17)6-9(8)15(3)10(12)16/h4-6H,1-3H3,(H3,13,14,17). The van der Waals surface area contributed by atoms with Crippen LogP contribution in [0.25, 0.3) is 0 Å². The van der Waals surface area contributed by atoms with Crippen LogP contribution in [0.5, 0.6) is 0 Å². The first-order valence-electron chi connectivity index (χ1n) is 5.33. The Hall–Kier alpha value is -1.62. The molecule has 0 bridgehead atoms. The summed E-state index contributed by atoms with van der Waals surface area (Å²) in [5, 5.41) is 3.09. The minimum Gasteiger partial charge on any atom is -0.376 e. The van der Waals surface area contributed by atoms with E-state index in [9.17, 15) is 4.79 Å². The summed E-state index contributed by atoms with van der Waals surface area (Å²) in [6.07, 6.45) is 0. The largest absolute Gasteiger partial charge is 0.376 e. The number of hydrogen-bond acceptors (Lipinski definition) is 2. The smallest absolute Gasteiger partial charge is 0.236 e. The molecule has 0 unspecified atom stereocenters. The maximum Gasteiger partial charge on any atom is 0.236 e. The number of fused-ring (bicyclic) bond motifs is 1. The molecule has 1 aliphatic rings. The third kappa shape index (κ3) is 1.76. The van der Waals surface area contributed by atoms with Gasteiger partial charge in [-0.1, -0.05) is 6.07 Å². The zero-order valence-electron chi connectivity index (χ0n) is 10.1. The average Bonchev–Trinajstić information content (AvgIpc) is 2.40. The van der Waals surface area contributed by atoms with Crippen LogP contribution in [0.3, 0.4) is 0 Å². The molecular formula is C12H15N3OS. The number of thiocarbonyl (C=S) groups is 1. The number of hydrogen-bond donors (Lipinski definition) is 2. The Labute approximate surface area is 106 Å². The highest BCUT2D eigenvalue weighted by Crippen LogP contribution is 2.41. The third-order valence-corrected chi connectivity index (χ3v) is 3.24. The number of nitrogens with zero attached hydrogens (tertiary/aromatic N) is 1. The lowest BCUT2D eigenvalue weighted by atomic mass is 9.86. The van der Waals surface area contributed by atoms with Gasteiger partial charge in [-0.2, -0.15) is 0 Å². The molecule has 17 heavy (non-hydrogen) atoms. The first kappa shape index (κ1) is 11.9. The molecule has 0 fully saturated rings. The quantitative estimate of drug-likeness (QED) is 0.742. The first-order chi connectivity index (χ1) is 7.84. The van der Waals surface area contributed by atoms with E-state index in [0.717, 1.165) is 16.9 Å². The Balaban J connectivity index is 2.49. The van der Waals surface area contributed by atoms with Crippen molar-refractivity contribution in [3.63, 3.8) is 0 Å². The van der Waals surface area contributed by atoms with Gasteiger partial charge in [0.05, 0.1) is 5.41 Å². The number of likely N-dealkylation sites (N-methyl/N-ethyl adjacent to an activating group) is 1. The molecule has 0 aliphatic carbocycles. The molecule has 0 spiro atoms. The molecule has 1 amide bonds. The Bertz CT molecular complexity index is 510. The molecule has 1 heterocycles. The van der Waals surface area contributed by atoms with Crippen LogP contribution in [0.2, 0.25) is 0 Å². The van der Waals surface area contributed by atoms with Crippen LogP contribution in [-0.4, -0.2) is 18.1 Å². The van der Waals surface area contributed by atoms with Crippen molar-refractivity contribution in [3.05, 3.63) is 23.8 Å². The van der Waals surface area contributed by atoms with E-state index < -0.39 is 5.41 Å². The van der Waals surface area contributed by atoms with Crippen molar-refractivity contribution in [2.45, 2.75) is 19.3 Å². The van der Waals surface area contributed by atoms with Crippen molar-refractivity contribution in [2.24, 2.45) is 5.73 Å². The fraction of sp³-hybridized carbons (Fsp3) is 0.333. The van der Waals surface area contributed by atoms with E-state index in [-0.39, 0.29) is 11.0 Å². The maximum absolute atomic E-state index is 12.1. The summed E-state index contributed by atoms with van der Waals surface area (Å²) in [4.78, 5) is 13.7. The van der Waals surface area contributed by atoms with Gasteiger partial charge < -0.3 is 16.0 Å². The number of nitrogens with one attached hydrogen (secondary N) is 1. The van der Waals surface area contributed by atoms with Gasteiger partial charge in [-0.05, 0) is 43.8 Å². The SMILES string of the molecule is CN1C(=O)C(C)(C)c2ccc(NC(N)=S)cc21. The molecule has 2 rings (SSSR count). The summed E-state index contributed by atoms with van der Waals surface area (Å²) in [5.41, 5.74) is 7.69. The Kier molecular flexibility index (Phi) is 2.58. The second kappa shape index (κ2) is 3.70. The van der Waals surface area contributed by atoms with Gasteiger partial charge in [0.1, 0.15) is 0 Å². The van der Waals surface area contributed by atoms with Crippen molar-refractivity contribution in [3.8, 4) is 0 Å². The summed E-state index contributed by atoms with van der Waals surface area (Å²) < 4.78 is 0. The molecule has 1 aromatic rings. The number of anilines is 2. The van der Waals surface area contributed by atoms with E-state index >= 15 is 0 Å². The molecular weight excluding hydrogens is 234 g/mol. The van der Waals surface area contributed by atoms with E-state index in [2.05, 4.69) is 5.32 Å². The van der Waals surface area contributed by atoms with E-state index in [1.54, 1.807) is 11.9 Å². The lowest BCUT2D eigenvalue weighted by Gasteiger charge is -2.16. The Morgan fingerprint density at radius 2 is 2.12 bits per heavy atom. The number of nitrogens with two attached hydrogens (primary N) is 1. The molecule has 1 aromatic carbocycles. The maximum atomic E-state index is 12.1. The minimum atomic E-state index is -0.466. The van der Waals surface area contributed by atoms with Crippen LogP contribution in [0, 0.1) is 0 Å². The average molecular weight is 249 g/mol. The fourth-order valence-corrected chi connectivity index (χ4v) is 2.32. The topological polar surface area (TPSA) is 58.4 Å². The minimum absolute atomic E-state index is 0.0972. The zero-order chi connectivity index (χ0) is 12.8. The molecule has 0 radical (unpaired) electrons. The van der Waals surface area contributed by atoms with Crippen LogP contribution in [0.15, 0.2) is 18.2 Å². The highest BCUT2D eigenvalue weighted by molar-refractivity contribution is 7.80. The lowest BCUT2D eigenvalue weighted by molar-refractivity contribution is -0.121. The van der Waals surface area contributed by atoms with Gasteiger partial charge in [-0.25, -0.2) is 0 Å². The van der Waals surface area contributed by atoms with Crippen LogP contribution in [-0.2, 0) is 10.2 Å². The Morgan fingerprint density at radius 3 is 2.71 bits per heavy atom. The second-order valence-electron chi connectivity index (χ2n) is 4.71. The van der Waals surface area contributed by atoms with E-state index in [1.807, 2.05) is 32.0 Å². The van der Waals surface area contributed by atoms with Gasteiger partial charge >= 0.3 is 0 Å². The van der Waals surface area contributed by atoms with E-state index in [4.69, 9.17) is 18.0 Å². The van der Waals surface area contributed by atoms with Crippen molar-refractivity contribution in [1.82, 2.24) is 0 Å². The van der Waals surface area contributed by atoms with Crippen molar-refractivity contribution >= 4 is 34.6 Å². The number of carbonyl (C=O) groups is 1. The summed E-state index contributed by atoms with van der Waals surface area (Å²) >= 11 is 4.79. The molecule has 3 N–H and O–H groups in total. The van der Waals surface area contributed by atoms with Crippen molar-refractivity contribution < 1.29 is 4.79 Å². The predicted octanol–water partition coefficient (Wildman–Crippen LogP) is 1.60. The van der Waals surface area contributed by atoms with E-state index in [1.165, 1.54) is 0 Å². The molecule has 90 valence electrons. The summed E-state index contributed by atoms with van der Waals surface area (Å²) in [6, 6.07) is 5.71. The van der Waals surface area contributed by atoms with Gasteiger partial charge in [0.25, 0.3) is 0 Å². The number of amides is 1. The van der Waals surface area contributed by atoms with Crippen LogP contribution in [0.4, 0.5) is 11.4 Å². The highest BCUT2D eigenvalue weighted by atomic mass is 32.1. The van der Waals surface area contributed by atoms with Crippen LogP contribution < -0.4 is 16.0 Å². The monoisotopic (exact) mass is 249 g/mol. The molecule has 0 aromatic heterocycles. The lowest BCUT2D eigenvalue weighted by Crippen LogP contribution is -2.33. The number of carbonyl (C=O) groups excluding carboxylic acids is 1. The summed E-state index contributed by atoms with van der Waals surface area (Å²) in [5.74, 6) is 0.0972. The molecule has 0 atom stereocenters. The molecule has 5 heteroatoms. The zero-order valence-corrected chi connectivity index (χ0v) is 10.9. The van der Waals surface area contributed by atoms with Gasteiger partial charge in [-0.3, -0.25) is 4.79 Å². The molecule has 1 aliphatic heterocycles. The second-order valence-corrected chi connectivity index (χ2v) is 5.15. The Morgan fingerprint density at radius 1 is 1.47 bits per heavy atom. The molecule has 4 nitrogen and oxygen atoms in total. The number of benzene rings is 1. The predicted molar refractivity (Wildman–Crippen MR) is 73.3 cm³/mol. The van der Waals surface area contributed by atoms with Crippen LogP contribution in [0.1, 0.15) is 19.4 Å². The van der Waals surface area contributed by atoms with Gasteiger partial charge in [0.15, 0.2) is 5.11 Å². The molecule has 0 saturated heterocycles.